The van der Waals surface area contributed by atoms with Gasteiger partial charge in [0.2, 0.25) is 0 Å². The molecule has 0 bridgehead atoms. The Kier molecular flexibility index (Phi) is 3.80. The van der Waals surface area contributed by atoms with E-state index < -0.39 is 0 Å². The zero-order valence-electron chi connectivity index (χ0n) is 10.2. The van der Waals surface area contributed by atoms with Crippen molar-refractivity contribution >= 4 is 0 Å². The van der Waals surface area contributed by atoms with E-state index in [-0.39, 0.29) is 5.60 Å². The van der Waals surface area contributed by atoms with Gasteiger partial charge in [0, 0.05) is 23.9 Å². The Morgan fingerprint density at radius 2 is 1.73 bits per heavy atom. The summed E-state index contributed by atoms with van der Waals surface area (Å²) in [7, 11) is 0. The molecule has 0 atom stereocenters. The lowest BCUT2D eigenvalue weighted by Gasteiger charge is -2.19. The summed E-state index contributed by atoms with van der Waals surface area (Å²) < 4.78 is 5.64. The molecule has 3 heteroatoms. The Morgan fingerprint density at radius 3 is 2.13 bits per heavy atom. The largest absolute Gasteiger partial charge is 0.371 e. The summed E-state index contributed by atoms with van der Waals surface area (Å²) >= 11 is 0. The van der Waals surface area contributed by atoms with Crippen molar-refractivity contribution in [3.8, 4) is 0 Å². The first-order valence-electron chi connectivity index (χ1n) is 5.33. The summed E-state index contributed by atoms with van der Waals surface area (Å²) in [6.45, 7) is 10.9. The predicted molar refractivity (Wildman–Crippen MR) is 60.7 cm³/mol. The smallest absolute Gasteiger partial charge is 0.130 e. The second-order valence-electron chi connectivity index (χ2n) is 5.01. The van der Waals surface area contributed by atoms with Crippen molar-refractivity contribution in [2.45, 2.75) is 52.7 Å². The standard InChI is InChI=1S/C12H20N2O/c1-9(2)11-13-6-10(7-14-11)8-15-12(3,4)5/h6-7,9H,8H2,1-5H3. The van der Waals surface area contributed by atoms with Crippen molar-refractivity contribution in [3.63, 3.8) is 0 Å². The molecule has 0 fully saturated rings. The summed E-state index contributed by atoms with van der Waals surface area (Å²) in [5, 5.41) is 0. The highest BCUT2D eigenvalue weighted by atomic mass is 16.5. The van der Waals surface area contributed by atoms with Gasteiger partial charge in [-0.15, -0.1) is 0 Å². The van der Waals surface area contributed by atoms with E-state index >= 15 is 0 Å². The summed E-state index contributed by atoms with van der Waals surface area (Å²) in [6.07, 6.45) is 3.68. The summed E-state index contributed by atoms with van der Waals surface area (Å²) in [4.78, 5) is 8.58. The van der Waals surface area contributed by atoms with E-state index in [2.05, 4.69) is 23.8 Å². The molecule has 3 nitrogen and oxygen atoms in total. The second kappa shape index (κ2) is 4.71. The van der Waals surface area contributed by atoms with Crippen molar-refractivity contribution in [1.29, 1.82) is 0 Å². The molecule has 0 N–H and O–H groups in total. The fourth-order valence-electron chi connectivity index (χ4n) is 1.04. The molecule has 15 heavy (non-hydrogen) atoms. The van der Waals surface area contributed by atoms with Gasteiger partial charge in [0.15, 0.2) is 0 Å². The third kappa shape index (κ3) is 4.38. The van der Waals surface area contributed by atoms with Crippen molar-refractivity contribution < 1.29 is 4.74 Å². The Labute approximate surface area is 91.9 Å². The molecule has 0 aliphatic carbocycles. The summed E-state index contributed by atoms with van der Waals surface area (Å²) in [5.74, 6) is 1.26. The van der Waals surface area contributed by atoms with Crippen molar-refractivity contribution in [1.82, 2.24) is 9.97 Å². The molecule has 1 heterocycles. The fourth-order valence-corrected chi connectivity index (χ4v) is 1.04. The van der Waals surface area contributed by atoms with Crippen LogP contribution < -0.4 is 0 Å². The highest BCUT2D eigenvalue weighted by molar-refractivity contribution is 5.05. The van der Waals surface area contributed by atoms with Gasteiger partial charge in [-0.1, -0.05) is 13.8 Å². The average Bonchev–Trinajstić information content (AvgIpc) is 2.14. The molecule has 1 aromatic heterocycles. The number of ether oxygens (including phenoxy) is 1. The number of hydrogen-bond donors (Lipinski definition) is 0. The lowest BCUT2D eigenvalue weighted by molar-refractivity contribution is -0.0152. The zero-order valence-corrected chi connectivity index (χ0v) is 10.2. The minimum atomic E-state index is -0.114. The molecule has 0 saturated heterocycles. The van der Waals surface area contributed by atoms with Crippen LogP contribution in [0.2, 0.25) is 0 Å². The lowest BCUT2D eigenvalue weighted by Crippen LogP contribution is -2.18. The molecule has 0 unspecified atom stereocenters. The van der Waals surface area contributed by atoms with E-state index in [1.54, 1.807) is 0 Å². The van der Waals surface area contributed by atoms with Crippen molar-refractivity contribution in [2.24, 2.45) is 0 Å². The van der Waals surface area contributed by atoms with Crippen LogP contribution in [-0.4, -0.2) is 15.6 Å². The van der Waals surface area contributed by atoms with Gasteiger partial charge in [0.1, 0.15) is 5.82 Å². The maximum Gasteiger partial charge on any atom is 0.130 e. The molecule has 0 amide bonds. The van der Waals surface area contributed by atoms with E-state index in [9.17, 15) is 0 Å². The number of rotatable bonds is 3. The van der Waals surface area contributed by atoms with E-state index in [4.69, 9.17) is 4.74 Å². The molecule has 0 saturated carbocycles. The topological polar surface area (TPSA) is 35.0 Å². The first-order valence-corrected chi connectivity index (χ1v) is 5.33. The molecule has 0 aliphatic rings. The van der Waals surface area contributed by atoms with Gasteiger partial charge >= 0.3 is 0 Å². The van der Waals surface area contributed by atoms with Crippen LogP contribution in [-0.2, 0) is 11.3 Å². The summed E-state index contributed by atoms with van der Waals surface area (Å²) in [5.41, 5.74) is 0.908. The second-order valence-corrected chi connectivity index (χ2v) is 5.01. The Bertz CT molecular complexity index is 298. The van der Waals surface area contributed by atoms with Crippen LogP contribution in [0.4, 0.5) is 0 Å². The third-order valence-corrected chi connectivity index (χ3v) is 1.91. The van der Waals surface area contributed by atoms with Crippen LogP contribution in [0.3, 0.4) is 0 Å². The predicted octanol–water partition coefficient (Wildman–Crippen LogP) is 2.92. The van der Waals surface area contributed by atoms with E-state index in [0.717, 1.165) is 11.4 Å². The Morgan fingerprint density at radius 1 is 1.20 bits per heavy atom. The molecule has 0 spiro atoms. The van der Waals surface area contributed by atoms with Gasteiger partial charge in [-0.05, 0) is 20.8 Å². The molecule has 0 aromatic carbocycles. The van der Waals surface area contributed by atoms with Crippen LogP contribution >= 0.6 is 0 Å². The van der Waals surface area contributed by atoms with Gasteiger partial charge in [0.05, 0.1) is 12.2 Å². The minimum absolute atomic E-state index is 0.114. The Hall–Kier alpha value is -0.960. The van der Waals surface area contributed by atoms with Crippen LogP contribution in [0.5, 0.6) is 0 Å². The van der Waals surface area contributed by atoms with Gasteiger partial charge in [-0.2, -0.15) is 0 Å². The highest BCUT2D eigenvalue weighted by Crippen LogP contribution is 2.12. The SMILES string of the molecule is CC(C)c1ncc(COC(C)(C)C)cn1. The van der Waals surface area contributed by atoms with Gasteiger partial charge < -0.3 is 4.74 Å². The number of hydrogen-bond acceptors (Lipinski definition) is 3. The van der Waals surface area contributed by atoms with Crippen molar-refractivity contribution in [2.75, 3.05) is 0 Å². The van der Waals surface area contributed by atoms with E-state index in [1.165, 1.54) is 0 Å². The number of aromatic nitrogens is 2. The third-order valence-electron chi connectivity index (χ3n) is 1.91. The monoisotopic (exact) mass is 208 g/mol. The molecule has 0 aliphatic heterocycles. The zero-order chi connectivity index (χ0) is 11.5. The Balaban J connectivity index is 2.57. The van der Waals surface area contributed by atoms with Crippen LogP contribution in [0.15, 0.2) is 12.4 Å². The normalized spacial score (nSPS) is 12.1. The van der Waals surface area contributed by atoms with Gasteiger partial charge in [0.25, 0.3) is 0 Å². The average molecular weight is 208 g/mol. The fraction of sp³-hybridized carbons (Fsp3) is 0.667. The minimum Gasteiger partial charge on any atom is -0.371 e. The van der Waals surface area contributed by atoms with Gasteiger partial charge in [-0.3, -0.25) is 0 Å². The lowest BCUT2D eigenvalue weighted by atomic mass is 10.2. The highest BCUT2D eigenvalue weighted by Gasteiger charge is 2.10. The van der Waals surface area contributed by atoms with E-state index in [0.29, 0.717) is 12.5 Å². The first kappa shape index (κ1) is 12.1. The summed E-state index contributed by atoms with van der Waals surface area (Å²) in [6, 6.07) is 0. The van der Waals surface area contributed by atoms with Crippen LogP contribution in [0.1, 0.15) is 51.9 Å². The molecule has 0 radical (unpaired) electrons. The maximum absolute atomic E-state index is 5.64. The quantitative estimate of drug-likeness (QED) is 0.766. The molecule has 1 rings (SSSR count). The van der Waals surface area contributed by atoms with Gasteiger partial charge in [-0.25, -0.2) is 9.97 Å². The van der Waals surface area contributed by atoms with E-state index in [1.807, 2.05) is 33.2 Å². The number of nitrogens with zero attached hydrogens (tertiary/aromatic N) is 2. The molecule has 84 valence electrons. The molecular formula is C12H20N2O. The van der Waals surface area contributed by atoms with Crippen LogP contribution in [0.25, 0.3) is 0 Å². The maximum atomic E-state index is 5.64. The first-order chi connectivity index (χ1) is 6.88. The molecule has 1 aromatic rings. The van der Waals surface area contributed by atoms with Crippen molar-refractivity contribution in [3.05, 3.63) is 23.8 Å². The van der Waals surface area contributed by atoms with Crippen LogP contribution in [0, 0.1) is 0 Å². The molecular weight excluding hydrogens is 188 g/mol.